The molecule has 2 N–H and O–H groups in total. The predicted octanol–water partition coefficient (Wildman–Crippen LogP) is 4.28. The summed E-state index contributed by atoms with van der Waals surface area (Å²) in [4.78, 5) is 12.9. The summed E-state index contributed by atoms with van der Waals surface area (Å²) < 4.78 is 5.31. The van der Waals surface area contributed by atoms with Gasteiger partial charge in [-0.25, -0.2) is 0 Å². The maximum atomic E-state index is 12.9. The van der Waals surface area contributed by atoms with E-state index in [2.05, 4.69) is 10.6 Å². The average Bonchev–Trinajstić information content (AvgIpc) is 2.67. The van der Waals surface area contributed by atoms with Crippen LogP contribution in [0, 0.1) is 12.8 Å². The normalized spacial score (nSPS) is 17.5. The van der Waals surface area contributed by atoms with Gasteiger partial charge >= 0.3 is 0 Å². The number of rotatable bonds is 5. The second kappa shape index (κ2) is 9.98. The molecule has 1 fully saturated rings. The fraction of sp³-hybridized carbons (Fsp3) is 0.381. The van der Waals surface area contributed by atoms with Crippen LogP contribution < -0.4 is 15.4 Å². The van der Waals surface area contributed by atoms with E-state index in [1.165, 1.54) is 0 Å². The fourth-order valence-corrected chi connectivity index (χ4v) is 3.71. The van der Waals surface area contributed by atoms with E-state index in [-0.39, 0.29) is 30.3 Å². The van der Waals surface area contributed by atoms with E-state index in [1.807, 2.05) is 49.4 Å². The van der Waals surface area contributed by atoms with Crippen molar-refractivity contribution < 1.29 is 9.53 Å². The molecule has 1 aliphatic rings. The summed E-state index contributed by atoms with van der Waals surface area (Å²) in [7, 11) is 1.65. The van der Waals surface area contributed by atoms with Gasteiger partial charge in [-0.2, -0.15) is 0 Å². The highest BCUT2D eigenvalue weighted by molar-refractivity contribution is 6.31. The Balaban J connectivity index is 0.00000261. The van der Waals surface area contributed by atoms with Crippen LogP contribution in [0.1, 0.15) is 35.6 Å². The van der Waals surface area contributed by atoms with Crippen molar-refractivity contribution in [1.82, 2.24) is 10.6 Å². The minimum Gasteiger partial charge on any atom is -0.497 e. The Morgan fingerprint density at radius 2 is 2.04 bits per heavy atom. The molecular weight excluding hydrogens is 383 g/mol. The lowest BCUT2D eigenvalue weighted by atomic mass is 9.92. The van der Waals surface area contributed by atoms with Gasteiger partial charge in [0.25, 0.3) is 0 Å². The number of aryl methyl sites for hydroxylation is 1. The molecule has 0 radical (unpaired) electrons. The van der Waals surface area contributed by atoms with Gasteiger partial charge in [-0.15, -0.1) is 12.4 Å². The summed E-state index contributed by atoms with van der Waals surface area (Å²) in [6.45, 7) is 3.73. The van der Waals surface area contributed by atoms with Crippen molar-refractivity contribution in [3.63, 3.8) is 0 Å². The zero-order valence-corrected chi connectivity index (χ0v) is 17.2. The second-order valence-electron chi connectivity index (χ2n) is 6.73. The second-order valence-corrected chi connectivity index (χ2v) is 7.14. The molecule has 2 aromatic rings. The van der Waals surface area contributed by atoms with Crippen molar-refractivity contribution in [2.24, 2.45) is 5.92 Å². The lowest BCUT2D eigenvalue weighted by molar-refractivity contribution is -0.126. The molecule has 146 valence electrons. The third kappa shape index (κ3) is 5.16. The third-order valence-corrected chi connectivity index (χ3v) is 5.30. The molecule has 0 spiro atoms. The molecule has 6 heteroatoms. The molecule has 0 saturated carbocycles. The zero-order chi connectivity index (χ0) is 18.5. The quantitative estimate of drug-likeness (QED) is 0.775. The zero-order valence-electron chi connectivity index (χ0n) is 15.6. The van der Waals surface area contributed by atoms with Crippen LogP contribution in [0.2, 0.25) is 5.02 Å². The molecule has 0 aliphatic carbocycles. The van der Waals surface area contributed by atoms with Crippen molar-refractivity contribution >= 4 is 29.9 Å². The van der Waals surface area contributed by atoms with E-state index < -0.39 is 0 Å². The highest BCUT2D eigenvalue weighted by Crippen LogP contribution is 2.32. The van der Waals surface area contributed by atoms with E-state index in [9.17, 15) is 4.79 Å². The van der Waals surface area contributed by atoms with Crippen LogP contribution in [0.3, 0.4) is 0 Å². The van der Waals surface area contributed by atoms with Crippen molar-refractivity contribution in [2.45, 2.75) is 25.8 Å². The monoisotopic (exact) mass is 408 g/mol. The minimum atomic E-state index is -0.288. The number of benzene rings is 2. The topological polar surface area (TPSA) is 50.4 Å². The smallest absolute Gasteiger partial charge is 0.225 e. The van der Waals surface area contributed by atoms with Crippen molar-refractivity contribution in [2.75, 3.05) is 20.2 Å². The van der Waals surface area contributed by atoms with E-state index in [0.717, 1.165) is 48.4 Å². The van der Waals surface area contributed by atoms with Crippen LogP contribution in [0.4, 0.5) is 0 Å². The first-order valence-electron chi connectivity index (χ1n) is 9.00. The Labute approximate surface area is 172 Å². The van der Waals surface area contributed by atoms with Gasteiger partial charge in [0.2, 0.25) is 5.91 Å². The van der Waals surface area contributed by atoms with Crippen molar-refractivity contribution in [1.29, 1.82) is 0 Å². The summed E-state index contributed by atoms with van der Waals surface area (Å²) in [5, 5.41) is 7.19. The van der Waals surface area contributed by atoms with Gasteiger partial charge in [-0.05, 0) is 61.2 Å². The first-order chi connectivity index (χ1) is 12.6. The molecule has 1 amide bonds. The number of hydrogen-bond acceptors (Lipinski definition) is 3. The highest BCUT2D eigenvalue weighted by Gasteiger charge is 2.26. The maximum Gasteiger partial charge on any atom is 0.225 e. The minimum absolute atomic E-state index is 0. The first kappa shape index (κ1) is 21.5. The number of amides is 1. The lowest BCUT2D eigenvalue weighted by Gasteiger charge is -2.27. The van der Waals surface area contributed by atoms with Gasteiger partial charge in [0.1, 0.15) is 5.75 Å². The van der Waals surface area contributed by atoms with Crippen molar-refractivity contribution in [3.8, 4) is 5.75 Å². The number of carbonyl (C=O) groups excluding carboxylic acids is 1. The summed E-state index contributed by atoms with van der Waals surface area (Å²) in [5.74, 6) is 0.858. The number of piperidine rings is 1. The van der Waals surface area contributed by atoms with Gasteiger partial charge in [0.15, 0.2) is 0 Å². The van der Waals surface area contributed by atoms with Crippen LogP contribution in [-0.2, 0) is 4.79 Å². The molecule has 0 bridgehead atoms. The number of methoxy groups -OCH3 is 1. The largest absolute Gasteiger partial charge is 0.497 e. The average molecular weight is 409 g/mol. The third-order valence-electron chi connectivity index (χ3n) is 4.96. The highest BCUT2D eigenvalue weighted by atomic mass is 35.5. The van der Waals surface area contributed by atoms with Gasteiger partial charge in [-0.1, -0.05) is 35.9 Å². The molecule has 1 aliphatic heterocycles. The van der Waals surface area contributed by atoms with Gasteiger partial charge in [0.05, 0.1) is 19.1 Å². The molecule has 3 rings (SSSR count). The summed E-state index contributed by atoms with van der Waals surface area (Å²) >= 11 is 6.46. The van der Waals surface area contributed by atoms with Crippen LogP contribution in [0.25, 0.3) is 0 Å². The summed E-state index contributed by atoms with van der Waals surface area (Å²) in [6.07, 6.45) is 1.94. The Morgan fingerprint density at radius 3 is 2.67 bits per heavy atom. The van der Waals surface area contributed by atoms with E-state index >= 15 is 0 Å². The predicted molar refractivity (Wildman–Crippen MR) is 112 cm³/mol. The molecule has 2 unspecified atom stereocenters. The number of hydrogen-bond donors (Lipinski definition) is 2. The summed E-state index contributed by atoms with van der Waals surface area (Å²) in [5.41, 5.74) is 2.98. The van der Waals surface area contributed by atoms with Gasteiger partial charge in [-0.3, -0.25) is 4.79 Å². The maximum absolute atomic E-state index is 12.9. The molecular formula is C21H26Cl2N2O2. The van der Waals surface area contributed by atoms with Gasteiger partial charge in [0, 0.05) is 11.6 Å². The Bertz CT molecular complexity index is 777. The SMILES string of the molecule is COc1ccc(C(NC(=O)C2CCCNC2)c2ccccc2Cl)c(C)c1.Cl. The number of carbonyl (C=O) groups is 1. The first-order valence-corrected chi connectivity index (χ1v) is 9.38. The Morgan fingerprint density at radius 1 is 1.26 bits per heavy atom. The number of ether oxygens (including phenoxy) is 1. The number of halogens is 2. The lowest BCUT2D eigenvalue weighted by Crippen LogP contribution is -2.42. The van der Waals surface area contributed by atoms with Crippen molar-refractivity contribution in [3.05, 3.63) is 64.2 Å². The van der Waals surface area contributed by atoms with Crippen LogP contribution in [-0.4, -0.2) is 26.1 Å². The molecule has 0 aromatic heterocycles. The molecule has 27 heavy (non-hydrogen) atoms. The fourth-order valence-electron chi connectivity index (χ4n) is 3.47. The van der Waals surface area contributed by atoms with E-state index in [0.29, 0.717) is 5.02 Å². The molecule has 4 nitrogen and oxygen atoms in total. The van der Waals surface area contributed by atoms with Crippen LogP contribution in [0.15, 0.2) is 42.5 Å². The van der Waals surface area contributed by atoms with Crippen LogP contribution in [0.5, 0.6) is 5.75 Å². The summed E-state index contributed by atoms with van der Waals surface area (Å²) in [6, 6.07) is 13.3. The van der Waals surface area contributed by atoms with Gasteiger partial charge < -0.3 is 15.4 Å². The standard InChI is InChI=1S/C21H25ClN2O2.ClH/c1-14-12-16(26-2)9-10-17(14)20(18-7-3-4-8-19(18)22)24-21(25)15-6-5-11-23-13-15;/h3-4,7-10,12,15,20,23H,5-6,11,13H2,1-2H3,(H,24,25);1H. The molecule has 2 aromatic carbocycles. The van der Waals surface area contributed by atoms with E-state index in [1.54, 1.807) is 7.11 Å². The van der Waals surface area contributed by atoms with Crippen LogP contribution >= 0.6 is 24.0 Å². The molecule has 2 atom stereocenters. The Hall–Kier alpha value is -1.75. The number of nitrogens with one attached hydrogen (secondary N) is 2. The molecule has 1 saturated heterocycles. The molecule has 1 heterocycles. The van der Waals surface area contributed by atoms with E-state index in [4.69, 9.17) is 16.3 Å². The Kier molecular flexibility index (Phi) is 7.96.